The Balaban J connectivity index is 1.75. The maximum Gasteiger partial charge on any atom is 0.252 e. The first-order valence-corrected chi connectivity index (χ1v) is 12.0. The Morgan fingerprint density at radius 3 is 2.50 bits per heavy atom. The molecule has 2 N–H and O–H groups in total. The number of carbonyl (C=O) groups is 1. The van der Waals surface area contributed by atoms with Crippen LogP contribution in [0.15, 0.2) is 60.0 Å². The van der Waals surface area contributed by atoms with E-state index in [0.717, 1.165) is 54.7 Å². The Morgan fingerprint density at radius 1 is 1.06 bits per heavy atom. The molecule has 8 heteroatoms. The van der Waals surface area contributed by atoms with E-state index in [4.69, 9.17) is 14.2 Å². The SMILES string of the molecule is COC1=C(CO)O[C@@H]2C[C@@]1(OC)n1c3ccccc3c3c4c(c5c6ccccc6n2c5c31)C(=O)NC4. The van der Waals surface area contributed by atoms with Crippen LogP contribution in [0.1, 0.15) is 28.6 Å². The highest BCUT2D eigenvalue weighted by molar-refractivity contribution is 6.31. The summed E-state index contributed by atoms with van der Waals surface area (Å²) < 4.78 is 23.1. The maximum atomic E-state index is 13.3. The summed E-state index contributed by atoms with van der Waals surface area (Å²) in [6, 6.07) is 16.3. The molecule has 8 nitrogen and oxygen atoms in total. The second kappa shape index (κ2) is 6.60. The summed E-state index contributed by atoms with van der Waals surface area (Å²) in [5.74, 6) is 0.725. The number of aliphatic hydroxyl groups excluding tert-OH is 1. The first-order valence-electron chi connectivity index (χ1n) is 12.0. The quantitative estimate of drug-likeness (QED) is 0.403. The molecule has 5 heterocycles. The molecule has 0 aliphatic carbocycles. The van der Waals surface area contributed by atoms with Crippen molar-refractivity contribution in [2.45, 2.75) is 24.9 Å². The summed E-state index contributed by atoms with van der Waals surface area (Å²) in [7, 11) is 3.26. The Bertz CT molecular complexity index is 1840. The number of aromatic nitrogens is 2. The average Bonchev–Trinajstić information content (AvgIpc) is 3.55. The third kappa shape index (κ3) is 2.05. The first kappa shape index (κ1) is 20.2. The molecule has 0 spiro atoms. The van der Waals surface area contributed by atoms with Crippen LogP contribution in [0.25, 0.3) is 43.6 Å². The summed E-state index contributed by atoms with van der Waals surface area (Å²) in [4.78, 5) is 13.3. The maximum absolute atomic E-state index is 13.3. The Kier molecular flexibility index (Phi) is 3.70. The van der Waals surface area contributed by atoms with Gasteiger partial charge >= 0.3 is 0 Å². The number of fused-ring (bicyclic) bond motifs is 13. The molecule has 3 aliphatic rings. The minimum atomic E-state index is -1.06. The largest absolute Gasteiger partial charge is 0.493 e. The molecule has 2 bridgehead atoms. The van der Waals surface area contributed by atoms with E-state index in [9.17, 15) is 9.90 Å². The van der Waals surface area contributed by atoms with Gasteiger partial charge in [-0.25, -0.2) is 0 Å². The van der Waals surface area contributed by atoms with Crippen molar-refractivity contribution in [1.82, 2.24) is 14.5 Å². The number of hydrogen-bond acceptors (Lipinski definition) is 5. The molecular weight excluding hydrogens is 458 g/mol. The zero-order valence-corrected chi connectivity index (χ0v) is 19.8. The van der Waals surface area contributed by atoms with Gasteiger partial charge < -0.3 is 33.8 Å². The molecule has 1 amide bonds. The number of nitrogens with zero attached hydrogens (tertiary/aromatic N) is 2. The Morgan fingerprint density at radius 2 is 1.78 bits per heavy atom. The lowest BCUT2D eigenvalue weighted by atomic mass is 9.97. The van der Waals surface area contributed by atoms with Crippen molar-refractivity contribution in [3.63, 3.8) is 0 Å². The summed E-state index contributed by atoms with van der Waals surface area (Å²) in [6.45, 7) is 0.133. The molecule has 36 heavy (non-hydrogen) atoms. The molecule has 2 atom stereocenters. The van der Waals surface area contributed by atoms with Crippen LogP contribution < -0.4 is 5.32 Å². The fraction of sp³-hybridized carbons (Fsp3) is 0.250. The highest BCUT2D eigenvalue weighted by atomic mass is 16.6. The van der Waals surface area contributed by atoms with E-state index in [1.807, 2.05) is 24.3 Å². The van der Waals surface area contributed by atoms with Crippen LogP contribution in [0.3, 0.4) is 0 Å². The van der Waals surface area contributed by atoms with Crippen LogP contribution in [-0.2, 0) is 26.5 Å². The molecule has 8 rings (SSSR count). The van der Waals surface area contributed by atoms with E-state index >= 15 is 0 Å². The van der Waals surface area contributed by atoms with Gasteiger partial charge in [-0.15, -0.1) is 0 Å². The second-order valence-electron chi connectivity index (χ2n) is 9.60. The summed E-state index contributed by atoms with van der Waals surface area (Å²) in [5.41, 5.74) is 4.49. The normalized spacial score (nSPS) is 22.5. The monoisotopic (exact) mass is 481 g/mol. The van der Waals surface area contributed by atoms with Crippen molar-refractivity contribution in [2.24, 2.45) is 0 Å². The smallest absolute Gasteiger partial charge is 0.252 e. The highest BCUT2D eigenvalue weighted by Crippen LogP contribution is 2.55. The number of ether oxygens (including phenoxy) is 3. The zero-order valence-electron chi connectivity index (χ0n) is 19.8. The number of nitrogens with one attached hydrogen (secondary N) is 1. The average molecular weight is 482 g/mol. The van der Waals surface area contributed by atoms with Crippen molar-refractivity contribution in [1.29, 1.82) is 0 Å². The number of amides is 1. The van der Waals surface area contributed by atoms with Gasteiger partial charge in [-0.1, -0.05) is 36.4 Å². The van der Waals surface area contributed by atoms with E-state index in [1.165, 1.54) is 0 Å². The van der Waals surface area contributed by atoms with E-state index in [1.54, 1.807) is 14.2 Å². The van der Waals surface area contributed by atoms with Crippen molar-refractivity contribution in [3.8, 4) is 0 Å². The zero-order chi connectivity index (χ0) is 24.3. The van der Waals surface area contributed by atoms with Gasteiger partial charge in [-0.3, -0.25) is 4.79 Å². The van der Waals surface area contributed by atoms with Crippen LogP contribution in [0.5, 0.6) is 0 Å². The van der Waals surface area contributed by atoms with Crippen molar-refractivity contribution >= 4 is 49.5 Å². The van der Waals surface area contributed by atoms with Crippen LogP contribution in [0.4, 0.5) is 0 Å². The van der Waals surface area contributed by atoms with Crippen molar-refractivity contribution < 1.29 is 24.1 Å². The Labute approximate surface area is 205 Å². The first-order chi connectivity index (χ1) is 17.6. The summed E-state index contributed by atoms with van der Waals surface area (Å²) in [5, 5.41) is 17.4. The lowest BCUT2D eigenvalue weighted by molar-refractivity contribution is -0.149. The molecule has 0 fully saturated rings. The van der Waals surface area contributed by atoms with Gasteiger partial charge in [0, 0.05) is 35.2 Å². The summed E-state index contributed by atoms with van der Waals surface area (Å²) in [6.07, 6.45) is -0.0683. The molecule has 5 aromatic rings. The molecule has 180 valence electrons. The minimum Gasteiger partial charge on any atom is -0.493 e. The van der Waals surface area contributed by atoms with Crippen LogP contribution in [-0.4, -0.2) is 41.0 Å². The van der Waals surface area contributed by atoms with Crippen LogP contribution in [0, 0.1) is 0 Å². The minimum absolute atomic E-state index is 0.0621. The van der Waals surface area contributed by atoms with Gasteiger partial charge in [0.1, 0.15) is 6.61 Å². The van der Waals surface area contributed by atoms with Crippen LogP contribution in [0.2, 0.25) is 0 Å². The number of aliphatic hydroxyl groups is 1. The van der Waals surface area contributed by atoms with Crippen molar-refractivity contribution in [3.05, 3.63) is 71.2 Å². The lowest BCUT2D eigenvalue weighted by Crippen LogP contribution is -2.44. The third-order valence-electron chi connectivity index (χ3n) is 8.19. The molecule has 3 aliphatic heterocycles. The van der Waals surface area contributed by atoms with Gasteiger partial charge in [-0.05, 0) is 17.7 Å². The number of methoxy groups -OCH3 is 2. The molecule has 0 saturated carbocycles. The van der Waals surface area contributed by atoms with Gasteiger partial charge in [0.25, 0.3) is 5.91 Å². The molecule has 0 saturated heterocycles. The van der Waals surface area contributed by atoms with E-state index in [2.05, 4.69) is 38.7 Å². The van der Waals surface area contributed by atoms with E-state index in [0.29, 0.717) is 24.5 Å². The van der Waals surface area contributed by atoms with Gasteiger partial charge in [0.2, 0.25) is 5.72 Å². The second-order valence-corrected chi connectivity index (χ2v) is 9.60. The summed E-state index contributed by atoms with van der Waals surface area (Å²) >= 11 is 0. The molecule has 3 aromatic carbocycles. The van der Waals surface area contributed by atoms with Crippen molar-refractivity contribution in [2.75, 3.05) is 20.8 Å². The predicted molar refractivity (Wildman–Crippen MR) is 134 cm³/mol. The number of carbonyl (C=O) groups excluding carboxylic acids is 1. The van der Waals surface area contributed by atoms with E-state index in [-0.39, 0.29) is 12.5 Å². The molecular formula is C28H23N3O5. The van der Waals surface area contributed by atoms with Gasteiger partial charge in [0.05, 0.1) is 41.2 Å². The fourth-order valence-corrected chi connectivity index (χ4v) is 6.95. The Hall–Kier alpha value is -4.01. The predicted octanol–water partition coefficient (Wildman–Crippen LogP) is 4.23. The van der Waals surface area contributed by atoms with Gasteiger partial charge in [0.15, 0.2) is 17.7 Å². The number of rotatable bonds is 3. The number of para-hydroxylation sites is 2. The molecule has 2 aromatic heterocycles. The number of benzene rings is 3. The molecule has 0 radical (unpaired) electrons. The standard InChI is InChI=1S/C28H23N3O5/c1-34-26-19(13-32)36-20-11-28(26,35-2)31-18-10-6-4-8-15(18)21-16-12-29-27(33)23(16)22-14-7-3-5-9-17(14)30(20)24(22)25(21)31/h3-10,20,32H,11-13H2,1-2H3,(H,29,33)/t20-,28+/m1/s1. The lowest BCUT2D eigenvalue weighted by Gasteiger charge is -2.42. The highest BCUT2D eigenvalue weighted by Gasteiger charge is 2.52. The fourth-order valence-electron chi connectivity index (χ4n) is 6.95. The number of hydrogen-bond donors (Lipinski definition) is 2. The van der Waals surface area contributed by atoms with Crippen LogP contribution >= 0.6 is 0 Å². The topological polar surface area (TPSA) is 86.9 Å². The van der Waals surface area contributed by atoms with E-state index < -0.39 is 12.0 Å². The van der Waals surface area contributed by atoms with Gasteiger partial charge in [-0.2, -0.15) is 0 Å². The third-order valence-corrected chi connectivity index (χ3v) is 8.19. The molecule has 0 unspecified atom stereocenters.